The van der Waals surface area contributed by atoms with Crippen LogP contribution in [-0.4, -0.2) is 42.6 Å². The second-order valence-corrected chi connectivity index (χ2v) is 5.06. The Morgan fingerprint density at radius 2 is 2.37 bits per heavy atom. The molecule has 4 nitrogen and oxygen atoms in total. The average Bonchev–Trinajstić information content (AvgIpc) is 2.39. The lowest BCUT2D eigenvalue weighted by Crippen LogP contribution is -2.39. The normalized spacial score (nSPS) is 19.2. The summed E-state index contributed by atoms with van der Waals surface area (Å²) in [7, 11) is 1.68. The lowest BCUT2D eigenvalue weighted by Gasteiger charge is -2.27. The van der Waals surface area contributed by atoms with E-state index in [1.54, 1.807) is 11.9 Å². The molecule has 0 aromatic heterocycles. The molecule has 0 bridgehead atoms. The van der Waals surface area contributed by atoms with E-state index in [-0.39, 0.29) is 17.2 Å². The van der Waals surface area contributed by atoms with Crippen LogP contribution in [0.4, 0.5) is 4.39 Å². The Morgan fingerprint density at radius 1 is 1.58 bits per heavy atom. The first-order valence-electron chi connectivity index (χ1n) is 6.52. The minimum Gasteiger partial charge on any atom is -0.508 e. The van der Waals surface area contributed by atoms with Gasteiger partial charge in [0.15, 0.2) is 0 Å². The van der Waals surface area contributed by atoms with Gasteiger partial charge in [-0.25, -0.2) is 4.39 Å². The molecule has 19 heavy (non-hydrogen) atoms. The predicted molar refractivity (Wildman–Crippen MR) is 70.6 cm³/mol. The maximum absolute atomic E-state index is 13.6. The summed E-state index contributed by atoms with van der Waals surface area (Å²) >= 11 is 0. The molecule has 0 spiro atoms. The molecule has 1 aliphatic rings. The Kier molecular flexibility index (Phi) is 4.37. The molecule has 5 heteroatoms. The first-order chi connectivity index (χ1) is 9.08. The SMILES string of the molecule is CN(CC1CCCNC1)C(=O)c1ccc(O)cc1F. The third kappa shape index (κ3) is 3.44. The molecule has 1 heterocycles. The van der Waals surface area contributed by atoms with E-state index in [4.69, 9.17) is 5.11 Å². The molecular weight excluding hydrogens is 247 g/mol. The quantitative estimate of drug-likeness (QED) is 0.874. The highest BCUT2D eigenvalue weighted by Crippen LogP contribution is 2.18. The van der Waals surface area contributed by atoms with E-state index >= 15 is 0 Å². The number of nitrogens with zero attached hydrogens (tertiary/aromatic N) is 1. The molecule has 2 rings (SSSR count). The molecule has 1 aromatic carbocycles. The molecule has 1 fully saturated rings. The van der Waals surface area contributed by atoms with Crippen LogP contribution in [0.5, 0.6) is 5.75 Å². The molecule has 0 saturated carbocycles. The number of nitrogens with one attached hydrogen (secondary N) is 1. The van der Waals surface area contributed by atoms with E-state index in [1.807, 2.05) is 0 Å². The largest absolute Gasteiger partial charge is 0.508 e. The highest BCUT2D eigenvalue weighted by atomic mass is 19.1. The Balaban J connectivity index is 2.01. The highest BCUT2D eigenvalue weighted by molar-refractivity contribution is 5.94. The van der Waals surface area contributed by atoms with Crippen molar-refractivity contribution in [1.82, 2.24) is 10.2 Å². The van der Waals surface area contributed by atoms with E-state index in [0.29, 0.717) is 12.5 Å². The van der Waals surface area contributed by atoms with Gasteiger partial charge in [0.1, 0.15) is 11.6 Å². The number of piperidine rings is 1. The van der Waals surface area contributed by atoms with Crippen molar-refractivity contribution in [2.24, 2.45) is 5.92 Å². The van der Waals surface area contributed by atoms with E-state index in [9.17, 15) is 9.18 Å². The number of benzene rings is 1. The van der Waals surface area contributed by atoms with Gasteiger partial charge in [-0.3, -0.25) is 4.79 Å². The van der Waals surface area contributed by atoms with Crippen LogP contribution in [0, 0.1) is 11.7 Å². The third-order valence-electron chi connectivity index (χ3n) is 3.46. The molecule has 1 saturated heterocycles. The van der Waals surface area contributed by atoms with E-state index in [0.717, 1.165) is 32.0 Å². The van der Waals surface area contributed by atoms with Crippen LogP contribution in [-0.2, 0) is 0 Å². The molecule has 1 unspecified atom stereocenters. The summed E-state index contributed by atoms with van der Waals surface area (Å²) in [5, 5.41) is 12.4. The summed E-state index contributed by atoms with van der Waals surface area (Å²) in [6.07, 6.45) is 2.20. The number of carbonyl (C=O) groups is 1. The predicted octanol–water partition coefficient (Wildman–Crippen LogP) is 1.60. The fraction of sp³-hybridized carbons (Fsp3) is 0.500. The molecule has 1 aliphatic heterocycles. The van der Waals surface area contributed by atoms with Crippen molar-refractivity contribution in [1.29, 1.82) is 0 Å². The molecule has 0 aliphatic carbocycles. The Bertz CT molecular complexity index is 459. The summed E-state index contributed by atoms with van der Waals surface area (Å²) in [6.45, 7) is 2.54. The number of aromatic hydroxyl groups is 1. The van der Waals surface area contributed by atoms with Crippen molar-refractivity contribution < 1.29 is 14.3 Å². The monoisotopic (exact) mass is 266 g/mol. The van der Waals surface area contributed by atoms with Crippen LogP contribution in [0.2, 0.25) is 0 Å². The molecule has 1 aromatic rings. The molecule has 1 atom stereocenters. The summed E-state index contributed by atoms with van der Waals surface area (Å²) in [5.74, 6) is -0.780. The van der Waals surface area contributed by atoms with Gasteiger partial charge in [-0.05, 0) is 44.0 Å². The van der Waals surface area contributed by atoms with Crippen molar-refractivity contribution >= 4 is 5.91 Å². The van der Waals surface area contributed by atoms with Crippen LogP contribution >= 0.6 is 0 Å². The van der Waals surface area contributed by atoms with Crippen molar-refractivity contribution in [3.8, 4) is 5.75 Å². The lowest BCUT2D eigenvalue weighted by atomic mass is 9.99. The van der Waals surface area contributed by atoms with Gasteiger partial charge in [0, 0.05) is 19.7 Å². The third-order valence-corrected chi connectivity index (χ3v) is 3.46. The first kappa shape index (κ1) is 13.8. The Labute approximate surface area is 112 Å². The summed E-state index contributed by atoms with van der Waals surface area (Å²) in [6, 6.07) is 3.61. The minimum absolute atomic E-state index is 0.00377. The standard InChI is InChI=1S/C14H19FN2O2/c1-17(9-10-3-2-6-16-8-10)14(19)12-5-4-11(18)7-13(12)15/h4-5,7,10,16,18H,2-3,6,8-9H2,1H3. The van der Waals surface area contributed by atoms with Crippen LogP contribution in [0.3, 0.4) is 0 Å². The molecule has 0 radical (unpaired) electrons. The van der Waals surface area contributed by atoms with Gasteiger partial charge in [0.05, 0.1) is 5.56 Å². The van der Waals surface area contributed by atoms with Gasteiger partial charge in [-0.15, -0.1) is 0 Å². The summed E-state index contributed by atoms with van der Waals surface area (Å²) < 4.78 is 13.6. The van der Waals surface area contributed by atoms with Crippen LogP contribution in [0.1, 0.15) is 23.2 Å². The van der Waals surface area contributed by atoms with E-state index in [2.05, 4.69) is 5.32 Å². The molecule has 2 N–H and O–H groups in total. The maximum Gasteiger partial charge on any atom is 0.256 e. The summed E-state index contributed by atoms with van der Waals surface area (Å²) in [5.41, 5.74) is 0.00377. The first-order valence-corrected chi connectivity index (χ1v) is 6.52. The fourth-order valence-electron chi connectivity index (χ4n) is 2.43. The van der Waals surface area contributed by atoms with Gasteiger partial charge >= 0.3 is 0 Å². The van der Waals surface area contributed by atoms with Crippen molar-refractivity contribution in [2.45, 2.75) is 12.8 Å². The van der Waals surface area contributed by atoms with Gasteiger partial charge < -0.3 is 15.3 Å². The molecular formula is C14H19FN2O2. The van der Waals surface area contributed by atoms with Crippen molar-refractivity contribution in [3.63, 3.8) is 0 Å². The Hall–Kier alpha value is -1.62. The van der Waals surface area contributed by atoms with Crippen LogP contribution in [0.25, 0.3) is 0 Å². The van der Waals surface area contributed by atoms with Gasteiger partial charge in [-0.1, -0.05) is 0 Å². The van der Waals surface area contributed by atoms with Crippen molar-refractivity contribution in [3.05, 3.63) is 29.6 Å². The molecule has 1 amide bonds. The van der Waals surface area contributed by atoms with Gasteiger partial charge in [0.25, 0.3) is 5.91 Å². The number of halogens is 1. The number of hydrogen-bond donors (Lipinski definition) is 2. The summed E-state index contributed by atoms with van der Waals surface area (Å²) in [4.78, 5) is 13.7. The fourth-order valence-corrected chi connectivity index (χ4v) is 2.43. The van der Waals surface area contributed by atoms with Gasteiger partial charge in [0.2, 0.25) is 0 Å². The topological polar surface area (TPSA) is 52.6 Å². The van der Waals surface area contributed by atoms with Crippen molar-refractivity contribution in [2.75, 3.05) is 26.7 Å². The Morgan fingerprint density at radius 3 is 3.00 bits per heavy atom. The number of phenols is 1. The number of phenolic OH excluding ortho intramolecular Hbond substituents is 1. The number of carbonyl (C=O) groups excluding carboxylic acids is 1. The van der Waals surface area contributed by atoms with E-state index < -0.39 is 5.82 Å². The van der Waals surface area contributed by atoms with Crippen LogP contribution in [0.15, 0.2) is 18.2 Å². The number of rotatable bonds is 3. The highest BCUT2D eigenvalue weighted by Gasteiger charge is 2.21. The smallest absolute Gasteiger partial charge is 0.256 e. The zero-order valence-electron chi connectivity index (χ0n) is 11.0. The second-order valence-electron chi connectivity index (χ2n) is 5.06. The molecule has 104 valence electrons. The zero-order valence-corrected chi connectivity index (χ0v) is 11.0. The lowest BCUT2D eigenvalue weighted by molar-refractivity contribution is 0.0760. The minimum atomic E-state index is -0.682. The van der Waals surface area contributed by atoms with Crippen LogP contribution < -0.4 is 5.32 Å². The maximum atomic E-state index is 13.6. The zero-order chi connectivity index (χ0) is 13.8. The average molecular weight is 266 g/mol. The van der Waals surface area contributed by atoms with E-state index in [1.165, 1.54) is 12.1 Å². The number of hydrogen-bond acceptors (Lipinski definition) is 3. The number of amides is 1. The second kappa shape index (κ2) is 6.02. The van der Waals surface area contributed by atoms with Gasteiger partial charge in [-0.2, -0.15) is 0 Å².